The van der Waals surface area contributed by atoms with E-state index in [4.69, 9.17) is 14.2 Å². The third-order valence-corrected chi connectivity index (χ3v) is 13.3. The maximum absolute atomic E-state index is 12.8. The predicted molar refractivity (Wildman–Crippen MR) is 316 cm³/mol. The molecule has 0 fully saturated rings. The van der Waals surface area contributed by atoms with E-state index in [9.17, 15) is 14.4 Å². The molecule has 0 spiro atoms. The summed E-state index contributed by atoms with van der Waals surface area (Å²) in [6.07, 6.45) is 80.6. The third-order valence-electron chi connectivity index (χ3n) is 13.3. The van der Waals surface area contributed by atoms with E-state index in [0.717, 1.165) is 96.3 Å². The van der Waals surface area contributed by atoms with Crippen molar-refractivity contribution in [3.05, 3.63) is 85.1 Å². The highest BCUT2D eigenvalue weighted by molar-refractivity contribution is 5.71. The second-order valence-corrected chi connectivity index (χ2v) is 20.6. The Bertz CT molecular complexity index is 1400. The zero-order chi connectivity index (χ0) is 52.9. The summed E-state index contributed by atoms with van der Waals surface area (Å²) in [6.45, 7) is 6.41. The third kappa shape index (κ3) is 59.3. The van der Waals surface area contributed by atoms with Crippen LogP contribution in [0, 0.1) is 0 Å². The molecular weight excluding hydrogens is 901 g/mol. The first-order valence-corrected chi connectivity index (χ1v) is 31.1. The van der Waals surface area contributed by atoms with Crippen molar-refractivity contribution in [3.63, 3.8) is 0 Å². The van der Waals surface area contributed by atoms with Crippen LogP contribution in [0.25, 0.3) is 0 Å². The Hall–Kier alpha value is -3.41. The minimum Gasteiger partial charge on any atom is -0.462 e. The number of unbranched alkanes of at least 4 members (excludes halogenated alkanes) is 31. The molecule has 0 aliphatic carbocycles. The van der Waals surface area contributed by atoms with Gasteiger partial charge in [0.1, 0.15) is 13.2 Å². The first-order valence-electron chi connectivity index (χ1n) is 31.1. The van der Waals surface area contributed by atoms with E-state index in [0.29, 0.717) is 19.3 Å². The van der Waals surface area contributed by atoms with Crippen molar-refractivity contribution in [2.75, 3.05) is 13.2 Å². The number of hydrogen-bond donors (Lipinski definition) is 0. The van der Waals surface area contributed by atoms with Crippen molar-refractivity contribution in [1.82, 2.24) is 0 Å². The maximum atomic E-state index is 12.8. The Balaban J connectivity index is 4.20. The fourth-order valence-electron chi connectivity index (χ4n) is 8.73. The summed E-state index contributed by atoms with van der Waals surface area (Å²) >= 11 is 0. The van der Waals surface area contributed by atoms with Crippen molar-refractivity contribution < 1.29 is 28.6 Å². The lowest BCUT2D eigenvalue weighted by molar-refractivity contribution is -0.166. The summed E-state index contributed by atoms with van der Waals surface area (Å²) < 4.78 is 16.8. The maximum Gasteiger partial charge on any atom is 0.306 e. The van der Waals surface area contributed by atoms with Crippen LogP contribution < -0.4 is 0 Å². The van der Waals surface area contributed by atoms with Crippen LogP contribution in [0.2, 0.25) is 0 Å². The van der Waals surface area contributed by atoms with Gasteiger partial charge in [0.2, 0.25) is 0 Å². The smallest absolute Gasteiger partial charge is 0.306 e. The average Bonchev–Trinajstić information content (AvgIpc) is 3.39. The molecule has 0 saturated heterocycles. The van der Waals surface area contributed by atoms with E-state index < -0.39 is 12.1 Å². The van der Waals surface area contributed by atoms with Gasteiger partial charge in [-0.2, -0.15) is 0 Å². The van der Waals surface area contributed by atoms with Gasteiger partial charge in [-0.05, 0) is 96.3 Å². The monoisotopic (exact) mass is 1020 g/mol. The van der Waals surface area contributed by atoms with E-state index in [2.05, 4.69) is 93.7 Å². The molecular formula is C67H116O6. The van der Waals surface area contributed by atoms with Crippen molar-refractivity contribution in [2.45, 2.75) is 309 Å². The molecule has 73 heavy (non-hydrogen) atoms. The van der Waals surface area contributed by atoms with Crippen molar-refractivity contribution in [2.24, 2.45) is 0 Å². The molecule has 0 saturated carbocycles. The molecule has 0 aromatic rings. The quantitative estimate of drug-likeness (QED) is 0.0261. The highest BCUT2D eigenvalue weighted by atomic mass is 16.6. The summed E-state index contributed by atoms with van der Waals surface area (Å²) in [6, 6.07) is 0. The number of rotatable bonds is 56. The number of hydrogen-bond acceptors (Lipinski definition) is 6. The van der Waals surface area contributed by atoms with Gasteiger partial charge in [0, 0.05) is 19.3 Å². The van der Waals surface area contributed by atoms with Crippen molar-refractivity contribution in [3.8, 4) is 0 Å². The van der Waals surface area contributed by atoms with E-state index in [-0.39, 0.29) is 31.6 Å². The lowest BCUT2D eigenvalue weighted by Gasteiger charge is -2.18. The molecule has 0 N–H and O–H groups in total. The number of esters is 3. The number of allylic oxidation sites excluding steroid dienone is 14. The van der Waals surface area contributed by atoms with Gasteiger partial charge in [-0.25, -0.2) is 0 Å². The number of carbonyl (C=O) groups excluding carboxylic acids is 3. The summed E-state index contributed by atoms with van der Waals surface area (Å²) in [5, 5.41) is 0. The van der Waals surface area contributed by atoms with Crippen LogP contribution in [-0.2, 0) is 28.6 Å². The molecule has 0 amide bonds. The Morgan fingerprint density at radius 3 is 0.959 bits per heavy atom. The number of ether oxygens (including phenoxy) is 3. The van der Waals surface area contributed by atoms with Crippen LogP contribution in [0.15, 0.2) is 85.1 Å². The molecule has 0 radical (unpaired) electrons. The van der Waals surface area contributed by atoms with Gasteiger partial charge in [-0.1, -0.05) is 273 Å². The Morgan fingerprint density at radius 1 is 0.288 bits per heavy atom. The molecule has 0 rings (SSSR count). The van der Waals surface area contributed by atoms with Gasteiger partial charge >= 0.3 is 17.9 Å². The molecule has 1 atom stereocenters. The fourth-order valence-corrected chi connectivity index (χ4v) is 8.73. The second-order valence-electron chi connectivity index (χ2n) is 20.6. The topological polar surface area (TPSA) is 78.9 Å². The zero-order valence-corrected chi connectivity index (χ0v) is 48.1. The molecule has 0 heterocycles. The normalized spacial score (nSPS) is 12.6. The molecule has 0 aliphatic heterocycles. The molecule has 0 aromatic heterocycles. The zero-order valence-electron chi connectivity index (χ0n) is 48.1. The van der Waals surface area contributed by atoms with E-state index in [1.807, 2.05) is 12.2 Å². The average molecular weight is 1020 g/mol. The van der Waals surface area contributed by atoms with Crippen molar-refractivity contribution in [1.29, 1.82) is 0 Å². The molecule has 1 unspecified atom stereocenters. The van der Waals surface area contributed by atoms with Gasteiger partial charge in [0.15, 0.2) is 6.10 Å². The molecule has 0 aliphatic rings. The van der Waals surface area contributed by atoms with E-state index >= 15 is 0 Å². The lowest BCUT2D eigenvalue weighted by atomic mass is 10.0. The van der Waals surface area contributed by atoms with Gasteiger partial charge in [0.05, 0.1) is 0 Å². The molecule has 6 nitrogen and oxygen atoms in total. The summed E-state index contributed by atoms with van der Waals surface area (Å²) in [5.74, 6) is -0.998. The Morgan fingerprint density at radius 2 is 0.589 bits per heavy atom. The minimum atomic E-state index is -0.820. The van der Waals surface area contributed by atoms with Crippen LogP contribution >= 0.6 is 0 Å². The number of carbonyl (C=O) groups is 3. The first-order chi connectivity index (χ1) is 36.0. The second kappa shape index (κ2) is 61.1. The van der Waals surface area contributed by atoms with E-state index in [1.54, 1.807) is 0 Å². The molecule has 0 bridgehead atoms. The minimum absolute atomic E-state index is 0.108. The van der Waals surface area contributed by atoms with Crippen molar-refractivity contribution >= 4 is 17.9 Å². The first kappa shape index (κ1) is 69.6. The predicted octanol–water partition coefficient (Wildman–Crippen LogP) is 21.1. The molecule has 420 valence electrons. The molecule has 0 aromatic carbocycles. The van der Waals surface area contributed by atoms with Gasteiger partial charge in [-0.15, -0.1) is 0 Å². The SMILES string of the molecule is CC/C=C\C/C=C\C/C=C\C/C=C\CCC(=O)OC(COC(=O)CCCCCCC/C=C\C/C=C\CCC)COC(=O)CCCCCCCCCCCCCCCCCCC/C=C\CCCCCCCCCC. The fraction of sp³-hybridized carbons (Fsp3) is 0.746. The van der Waals surface area contributed by atoms with Crippen LogP contribution in [-0.4, -0.2) is 37.2 Å². The van der Waals surface area contributed by atoms with Crippen LogP contribution in [0.5, 0.6) is 0 Å². The summed E-state index contributed by atoms with van der Waals surface area (Å²) in [4.78, 5) is 38.1. The van der Waals surface area contributed by atoms with E-state index in [1.165, 1.54) is 161 Å². The highest BCUT2D eigenvalue weighted by Crippen LogP contribution is 2.16. The highest BCUT2D eigenvalue weighted by Gasteiger charge is 2.19. The Labute approximate surface area is 452 Å². The van der Waals surface area contributed by atoms with Gasteiger partial charge in [-0.3, -0.25) is 14.4 Å². The van der Waals surface area contributed by atoms with Crippen LogP contribution in [0.3, 0.4) is 0 Å². The molecule has 6 heteroatoms. The Kier molecular flexibility index (Phi) is 58.3. The van der Waals surface area contributed by atoms with Crippen LogP contribution in [0.4, 0.5) is 0 Å². The lowest BCUT2D eigenvalue weighted by Crippen LogP contribution is -2.30. The summed E-state index contributed by atoms with van der Waals surface area (Å²) in [7, 11) is 0. The van der Waals surface area contributed by atoms with Gasteiger partial charge < -0.3 is 14.2 Å². The standard InChI is InChI=1S/C67H116O6/c1-4-7-10-13-16-19-22-25-26-27-28-29-30-31-32-33-34-35-36-37-38-39-40-43-45-48-51-54-57-60-66(69)72-63-64(73-67(70)61-58-55-52-49-46-42-24-21-18-15-12-9-6-3)62-71-65(68)59-56-53-50-47-44-41-23-20-17-14-11-8-5-2/h9,11-12,14,18,20-21,23,27-28,42,46,52,55,64H,4-8,10,13,15-17,19,22,24-26,29-41,43-45,47-51,53-54,56-63H2,1-3H3/b12-9-,14-11-,21-18-,23-20-,28-27-,46-42-,55-52-. The van der Waals surface area contributed by atoms with Gasteiger partial charge in [0.25, 0.3) is 0 Å². The van der Waals surface area contributed by atoms with Crippen LogP contribution in [0.1, 0.15) is 303 Å². The summed E-state index contributed by atoms with van der Waals surface area (Å²) in [5.41, 5.74) is 0. The largest absolute Gasteiger partial charge is 0.462 e.